The van der Waals surface area contributed by atoms with Gasteiger partial charge in [0.15, 0.2) is 16.1 Å². The Morgan fingerprint density at radius 3 is 2.56 bits per heavy atom. The molecular formula is C24H38N2O7S. The molecule has 1 aromatic heterocycles. The second kappa shape index (κ2) is 10.6. The number of hydrogen-bond donors (Lipinski definition) is 1. The maximum Gasteiger partial charge on any atom is 0.247 e. The number of hydrogen-bond acceptors (Lipinski definition) is 8. The van der Waals surface area contributed by atoms with Gasteiger partial charge in [0.1, 0.15) is 4.75 Å². The van der Waals surface area contributed by atoms with Crippen LogP contribution in [0.2, 0.25) is 0 Å². The van der Waals surface area contributed by atoms with E-state index in [2.05, 4.69) is 10.5 Å². The first kappa shape index (κ1) is 25.6. The molecule has 1 unspecified atom stereocenters. The summed E-state index contributed by atoms with van der Waals surface area (Å²) >= 11 is 0. The standard InChI is InChI=1S/C24H38N2O7S/c1-23(2,34(28,29)16-18-8-13-30-14-9-18)22(27)25-20-15-19(26-33-20)24(10-4-5-11-24)17-32-21-7-3-6-12-31-21/h15,18,21H,3-14,16-17H2,1-2H3,(H,25,27). The van der Waals surface area contributed by atoms with Gasteiger partial charge in [-0.05, 0) is 64.7 Å². The highest BCUT2D eigenvalue weighted by atomic mass is 32.2. The summed E-state index contributed by atoms with van der Waals surface area (Å²) in [6.07, 6.45) is 8.25. The van der Waals surface area contributed by atoms with E-state index in [9.17, 15) is 13.2 Å². The zero-order chi connectivity index (χ0) is 24.2. The third kappa shape index (κ3) is 5.66. The molecule has 4 rings (SSSR count). The van der Waals surface area contributed by atoms with Gasteiger partial charge in [0.25, 0.3) is 0 Å². The first-order valence-electron chi connectivity index (χ1n) is 12.5. The van der Waals surface area contributed by atoms with Gasteiger partial charge in [-0.15, -0.1) is 0 Å². The monoisotopic (exact) mass is 498 g/mol. The van der Waals surface area contributed by atoms with Crippen molar-refractivity contribution >= 4 is 21.6 Å². The number of ether oxygens (including phenoxy) is 3. The predicted molar refractivity (Wildman–Crippen MR) is 126 cm³/mol. The van der Waals surface area contributed by atoms with E-state index in [-0.39, 0.29) is 29.3 Å². The fourth-order valence-electron chi connectivity index (χ4n) is 5.04. The van der Waals surface area contributed by atoms with Crippen LogP contribution in [0, 0.1) is 5.92 Å². The van der Waals surface area contributed by atoms with Crippen LogP contribution in [-0.2, 0) is 34.3 Å². The van der Waals surface area contributed by atoms with E-state index in [4.69, 9.17) is 18.7 Å². The molecule has 1 atom stereocenters. The number of carbonyl (C=O) groups excluding carboxylic acids is 1. The number of rotatable bonds is 9. The molecule has 1 saturated carbocycles. The van der Waals surface area contributed by atoms with Crippen LogP contribution in [0.4, 0.5) is 5.88 Å². The largest absolute Gasteiger partial charge is 0.381 e. The first-order chi connectivity index (χ1) is 16.2. The third-order valence-corrected chi connectivity index (χ3v) is 10.3. The minimum atomic E-state index is -3.68. The summed E-state index contributed by atoms with van der Waals surface area (Å²) < 4.78 is 47.1. The average Bonchev–Trinajstić information content (AvgIpc) is 3.49. The summed E-state index contributed by atoms with van der Waals surface area (Å²) in [6, 6.07) is 1.72. The molecule has 192 valence electrons. The smallest absolute Gasteiger partial charge is 0.247 e. The normalized spacial score (nSPS) is 24.2. The van der Waals surface area contributed by atoms with Crippen molar-refractivity contribution < 1.29 is 31.9 Å². The first-order valence-corrected chi connectivity index (χ1v) is 14.2. The van der Waals surface area contributed by atoms with Crippen LogP contribution in [0.5, 0.6) is 0 Å². The zero-order valence-corrected chi connectivity index (χ0v) is 21.2. The van der Waals surface area contributed by atoms with Crippen molar-refractivity contribution in [3.8, 4) is 0 Å². The highest BCUT2D eigenvalue weighted by molar-refractivity contribution is 7.93. The molecule has 0 radical (unpaired) electrons. The van der Waals surface area contributed by atoms with Gasteiger partial charge in [-0.3, -0.25) is 10.1 Å². The van der Waals surface area contributed by atoms with Gasteiger partial charge < -0.3 is 18.7 Å². The maximum absolute atomic E-state index is 13.1. The summed E-state index contributed by atoms with van der Waals surface area (Å²) in [7, 11) is -3.68. The maximum atomic E-state index is 13.1. The van der Waals surface area contributed by atoms with E-state index < -0.39 is 20.5 Å². The minimum Gasteiger partial charge on any atom is -0.381 e. The van der Waals surface area contributed by atoms with Gasteiger partial charge in [-0.2, -0.15) is 0 Å². The van der Waals surface area contributed by atoms with Gasteiger partial charge in [0.05, 0.1) is 18.1 Å². The topological polar surface area (TPSA) is 117 Å². The van der Waals surface area contributed by atoms with Crippen LogP contribution in [0.1, 0.15) is 77.3 Å². The lowest BCUT2D eigenvalue weighted by atomic mass is 9.83. The molecule has 2 aliphatic heterocycles. The molecule has 0 spiro atoms. The molecule has 0 aromatic carbocycles. The zero-order valence-electron chi connectivity index (χ0n) is 20.3. The number of nitrogens with one attached hydrogen (secondary N) is 1. The summed E-state index contributed by atoms with van der Waals surface area (Å²) in [5.74, 6) is -0.468. The molecule has 3 fully saturated rings. The Bertz CT molecular complexity index is 925. The van der Waals surface area contributed by atoms with Crippen LogP contribution in [-0.4, -0.2) is 62.7 Å². The van der Waals surface area contributed by atoms with Crippen molar-refractivity contribution in [2.45, 2.75) is 88.1 Å². The van der Waals surface area contributed by atoms with E-state index in [1.165, 1.54) is 13.8 Å². The molecule has 3 heterocycles. The lowest BCUT2D eigenvalue weighted by Gasteiger charge is -2.30. The number of aromatic nitrogens is 1. The average molecular weight is 499 g/mol. The van der Waals surface area contributed by atoms with E-state index in [1.807, 2.05) is 0 Å². The van der Waals surface area contributed by atoms with Gasteiger partial charge in [0, 0.05) is 31.3 Å². The Kier molecular flexibility index (Phi) is 8.01. The van der Waals surface area contributed by atoms with Gasteiger partial charge in [0.2, 0.25) is 11.8 Å². The Balaban J connectivity index is 1.40. The van der Waals surface area contributed by atoms with Crippen molar-refractivity contribution in [3.63, 3.8) is 0 Å². The lowest BCUT2D eigenvalue weighted by Crippen LogP contribution is -2.47. The van der Waals surface area contributed by atoms with Crippen molar-refractivity contribution in [2.75, 3.05) is 37.5 Å². The van der Waals surface area contributed by atoms with Gasteiger partial charge in [-0.1, -0.05) is 18.0 Å². The molecule has 1 aliphatic carbocycles. The van der Waals surface area contributed by atoms with E-state index in [0.717, 1.165) is 57.2 Å². The molecule has 3 aliphatic rings. The number of carbonyl (C=O) groups is 1. The highest BCUT2D eigenvalue weighted by Crippen LogP contribution is 2.42. The third-order valence-electron chi connectivity index (χ3n) is 7.65. The SMILES string of the molecule is CC(C)(C(=O)Nc1cc(C2(COC3CCCCO3)CCCC2)no1)S(=O)(=O)CC1CCOCC1. The van der Waals surface area contributed by atoms with Crippen LogP contribution < -0.4 is 5.32 Å². The van der Waals surface area contributed by atoms with E-state index in [0.29, 0.717) is 32.7 Å². The molecule has 1 aromatic rings. The Morgan fingerprint density at radius 2 is 1.88 bits per heavy atom. The van der Waals surface area contributed by atoms with Crippen LogP contribution in [0.25, 0.3) is 0 Å². The van der Waals surface area contributed by atoms with Crippen LogP contribution >= 0.6 is 0 Å². The second-order valence-electron chi connectivity index (χ2n) is 10.5. The minimum absolute atomic E-state index is 0.0121. The molecular weight excluding hydrogens is 460 g/mol. The molecule has 34 heavy (non-hydrogen) atoms. The fraction of sp³-hybridized carbons (Fsp3) is 0.833. The quantitative estimate of drug-likeness (QED) is 0.549. The van der Waals surface area contributed by atoms with E-state index in [1.54, 1.807) is 6.07 Å². The molecule has 1 amide bonds. The molecule has 10 heteroatoms. The molecule has 2 saturated heterocycles. The van der Waals surface area contributed by atoms with Crippen molar-refractivity contribution in [2.24, 2.45) is 5.92 Å². The Morgan fingerprint density at radius 1 is 1.15 bits per heavy atom. The molecule has 9 nitrogen and oxygen atoms in total. The summed E-state index contributed by atoms with van der Waals surface area (Å²) in [5.41, 5.74) is 0.455. The van der Waals surface area contributed by atoms with Gasteiger partial charge >= 0.3 is 0 Å². The summed E-state index contributed by atoms with van der Waals surface area (Å²) in [5, 5.41) is 6.91. The summed E-state index contributed by atoms with van der Waals surface area (Å²) in [4.78, 5) is 13.0. The summed E-state index contributed by atoms with van der Waals surface area (Å²) in [6.45, 7) is 5.24. The second-order valence-corrected chi connectivity index (χ2v) is 13.1. The van der Waals surface area contributed by atoms with Gasteiger partial charge in [-0.25, -0.2) is 8.42 Å². The number of amides is 1. The molecule has 0 bridgehead atoms. The van der Waals surface area contributed by atoms with Crippen LogP contribution in [0.3, 0.4) is 0 Å². The van der Waals surface area contributed by atoms with Crippen molar-refractivity contribution in [1.29, 1.82) is 0 Å². The number of anilines is 1. The highest BCUT2D eigenvalue weighted by Gasteiger charge is 2.44. The van der Waals surface area contributed by atoms with Crippen molar-refractivity contribution in [3.05, 3.63) is 11.8 Å². The number of nitrogens with zero attached hydrogens (tertiary/aromatic N) is 1. The lowest BCUT2D eigenvalue weighted by molar-refractivity contribution is -0.172. The Labute approximate surface area is 202 Å². The van der Waals surface area contributed by atoms with E-state index >= 15 is 0 Å². The number of sulfone groups is 1. The molecule has 1 N–H and O–H groups in total. The Hall–Kier alpha value is -1.49. The van der Waals surface area contributed by atoms with Crippen LogP contribution in [0.15, 0.2) is 10.6 Å². The van der Waals surface area contributed by atoms with Crippen molar-refractivity contribution in [1.82, 2.24) is 5.16 Å². The fourth-order valence-corrected chi connectivity index (χ4v) is 6.74. The predicted octanol–water partition coefficient (Wildman–Crippen LogP) is 3.59.